The molecule has 1 aliphatic heterocycles. The number of aromatic amines is 1. The van der Waals surface area contributed by atoms with E-state index in [1.807, 2.05) is 0 Å². The summed E-state index contributed by atoms with van der Waals surface area (Å²) in [6.07, 6.45) is -0.614. The van der Waals surface area contributed by atoms with Crippen molar-refractivity contribution in [3.8, 4) is 11.5 Å². The van der Waals surface area contributed by atoms with Crippen LogP contribution in [-0.4, -0.2) is 27.3 Å². The number of ether oxygens (including phenoxy) is 2. The first-order valence-corrected chi connectivity index (χ1v) is 9.46. The van der Waals surface area contributed by atoms with Crippen molar-refractivity contribution in [2.24, 2.45) is 5.73 Å². The number of rotatable bonds is 2. The van der Waals surface area contributed by atoms with E-state index >= 15 is 0 Å². The van der Waals surface area contributed by atoms with Gasteiger partial charge in [0.1, 0.15) is 4.83 Å². The number of fused-ring (bicyclic) bond motifs is 4. The van der Waals surface area contributed by atoms with Crippen LogP contribution in [0.5, 0.6) is 11.5 Å². The number of carboxylic acids is 1. The molecule has 1 aliphatic carbocycles. The van der Waals surface area contributed by atoms with Gasteiger partial charge in [-0.1, -0.05) is 6.07 Å². The predicted octanol–water partition coefficient (Wildman–Crippen LogP) is 3.06. The quantitative estimate of drug-likeness (QED) is 0.537. The van der Waals surface area contributed by atoms with E-state index < -0.39 is 12.3 Å². The van der Waals surface area contributed by atoms with Crippen molar-refractivity contribution in [3.05, 3.63) is 50.4 Å². The van der Waals surface area contributed by atoms with Crippen LogP contribution in [0.3, 0.4) is 0 Å². The molecule has 160 valence electrons. The number of halogens is 3. The topological polar surface area (TPSA) is 128 Å². The molecule has 5 rings (SSSR count). The number of benzene rings is 1. The van der Waals surface area contributed by atoms with Gasteiger partial charge in [0.25, 0.3) is 5.56 Å². The second kappa shape index (κ2) is 8.17. The van der Waals surface area contributed by atoms with Crippen LogP contribution in [0.2, 0.25) is 0 Å². The molecule has 30 heavy (non-hydrogen) atoms. The molecule has 3 heterocycles. The Bertz CT molecular complexity index is 1180. The van der Waals surface area contributed by atoms with Crippen molar-refractivity contribution in [1.29, 1.82) is 0 Å². The number of nitrogens with one attached hydrogen (secondary N) is 1. The SMILES string of the molecule is Cl.NCc1ccc2c(c1)OC(F)(F)O2.O=C(O)c1nc2sc3c(c2c(=O)[nH]1)CCC3. The van der Waals surface area contributed by atoms with Crippen molar-refractivity contribution >= 4 is 39.9 Å². The monoisotopic (exact) mass is 459 g/mol. The summed E-state index contributed by atoms with van der Waals surface area (Å²) < 4.78 is 33.4. The smallest absolute Gasteiger partial charge is 0.475 e. The van der Waals surface area contributed by atoms with Gasteiger partial charge in [0.05, 0.1) is 5.39 Å². The lowest BCUT2D eigenvalue weighted by Crippen LogP contribution is -2.25. The highest BCUT2D eigenvalue weighted by Crippen LogP contribution is 2.41. The highest BCUT2D eigenvalue weighted by Gasteiger charge is 2.43. The second-order valence-electron chi connectivity index (χ2n) is 6.41. The van der Waals surface area contributed by atoms with Crippen LogP contribution in [-0.2, 0) is 19.4 Å². The number of hydrogen-bond donors (Lipinski definition) is 3. The molecule has 2 aromatic heterocycles. The van der Waals surface area contributed by atoms with Gasteiger partial charge < -0.3 is 25.3 Å². The summed E-state index contributed by atoms with van der Waals surface area (Å²) in [5.41, 5.74) is 6.78. The third-order valence-corrected chi connectivity index (χ3v) is 5.66. The molecule has 0 unspecified atom stereocenters. The number of aryl methyl sites for hydroxylation is 2. The van der Waals surface area contributed by atoms with E-state index in [0.29, 0.717) is 10.2 Å². The van der Waals surface area contributed by atoms with Gasteiger partial charge >= 0.3 is 12.3 Å². The molecular weight excluding hydrogens is 444 g/mol. The lowest BCUT2D eigenvalue weighted by molar-refractivity contribution is -0.286. The summed E-state index contributed by atoms with van der Waals surface area (Å²) in [6.45, 7) is 0.280. The standard InChI is InChI=1S/C10H8N2O3S.C8H7F2NO2.ClH/c13-8-6-4-2-1-3-5(4)16-9(6)12-7(11-8)10(14)15;9-8(10)12-6-2-1-5(4-11)3-7(6)13-8;/h1-3H2,(H,14,15)(H,11,12,13);1-3H,4,11H2;1H. The highest BCUT2D eigenvalue weighted by atomic mass is 35.5. The Hall–Kier alpha value is -2.76. The number of aromatic carboxylic acids is 1. The molecule has 0 radical (unpaired) electrons. The van der Waals surface area contributed by atoms with Crippen molar-refractivity contribution in [2.75, 3.05) is 0 Å². The molecule has 0 fully saturated rings. The maximum Gasteiger partial charge on any atom is 0.586 e. The Morgan fingerprint density at radius 2 is 2.03 bits per heavy atom. The number of hydrogen-bond acceptors (Lipinski definition) is 7. The van der Waals surface area contributed by atoms with Gasteiger partial charge in [-0.15, -0.1) is 32.5 Å². The summed E-state index contributed by atoms with van der Waals surface area (Å²) >= 11 is 1.44. The molecule has 0 atom stereocenters. The molecule has 0 spiro atoms. The van der Waals surface area contributed by atoms with Gasteiger partial charge in [0, 0.05) is 11.4 Å². The maximum atomic E-state index is 12.5. The molecule has 12 heteroatoms. The highest BCUT2D eigenvalue weighted by molar-refractivity contribution is 7.18. The van der Waals surface area contributed by atoms with Gasteiger partial charge in [-0.2, -0.15) is 0 Å². The summed E-state index contributed by atoms with van der Waals surface area (Å²) in [4.78, 5) is 30.5. The Kier molecular flexibility index (Phi) is 5.97. The van der Waals surface area contributed by atoms with E-state index in [-0.39, 0.29) is 41.8 Å². The van der Waals surface area contributed by atoms with Crippen LogP contribution in [0.15, 0.2) is 23.0 Å². The average molecular weight is 460 g/mol. The molecule has 3 aromatic rings. The fraction of sp³-hybridized carbons (Fsp3) is 0.278. The molecule has 1 aromatic carbocycles. The fourth-order valence-corrected chi connectivity index (χ4v) is 4.49. The number of H-pyrrole nitrogens is 1. The number of nitrogens with zero attached hydrogens (tertiary/aromatic N) is 1. The van der Waals surface area contributed by atoms with Gasteiger partial charge in [-0.3, -0.25) is 4.79 Å². The van der Waals surface area contributed by atoms with E-state index in [9.17, 15) is 18.4 Å². The normalized spacial score (nSPS) is 15.2. The molecule has 8 nitrogen and oxygen atoms in total. The number of alkyl halides is 2. The Morgan fingerprint density at radius 3 is 2.73 bits per heavy atom. The van der Waals surface area contributed by atoms with Crippen molar-refractivity contribution in [2.45, 2.75) is 32.1 Å². The van der Waals surface area contributed by atoms with E-state index in [1.54, 1.807) is 6.07 Å². The maximum absolute atomic E-state index is 12.5. The average Bonchev–Trinajstić information content (AvgIpc) is 3.31. The Labute approximate surface area is 178 Å². The fourth-order valence-electron chi connectivity index (χ4n) is 3.22. The first-order chi connectivity index (χ1) is 13.8. The minimum Gasteiger partial charge on any atom is -0.475 e. The third-order valence-electron chi connectivity index (χ3n) is 4.48. The number of aromatic nitrogens is 2. The Balaban J connectivity index is 0.000000169. The van der Waals surface area contributed by atoms with Gasteiger partial charge in [-0.25, -0.2) is 9.78 Å². The van der Waals surface area contributed by atoms with Crippen LogP contribution in [0.25, 0.3) is 10.2 Å². The lowest BCUT2D eigenvalue weighted by Gasteiger charge is -2.04. The van der Waals surface area contributed by atoms with Crippen LogP contribution in [0.4, 0.5) is 8.78 Å². The van der Waals surface area contributed by atoms with E-state index in [1.165, 1.54) is 28.3 Å². The first kappa shape index (κ1) is 21.9. The van der Waals surface area contributed by atoms with E-state index in [2.05, 4.69) is 19.4 Å². The van der Waals surface area contributed by atoms with Crippen molar-refractivity contribution in [3.63, 3.8) is 0 Å². The molecule has 4 N–H and O–H groups in total. The molecular formula is C18H16ClF2N3O5S. The lowest BCUT2D eigenvalue weighted by atomic mass is 10.2. The molecule has 0 saturated carbocycles. The van der Waals surface area contributed by atoms with Crippen LogP contribution in [0, 0.1) is 0 Å². The molecule has 0 bridgehead atoms. The first-order valence-electron chi connectivity index (χ1n) is 8.64. The summed E-state index contributed by atoms with van der Waals surface area (Å²) in [5.74, 6) is -1.40. The largest absolute Gasteiger partial charge is 0.586 e. The van der Waals surface area contributed by atoms with Gasteiger partial charge in [0.15, 0.2) is 11.5 Å². The minimum absolute atomic E-state index is 0. The summed E-state index contributed by atoms with van der Waals surface area (Å²) in [6, 6.07) is 4.47. The van der Waals surface area contributed by atoms with Gasteiger partial charge in [0.2, 0.25) is 5.82 Å². The second-order valence-corrected chi connectivity index (χ2v) is 7.49. The molecule has 0 saturated heterocycles. The van der Waals surface area contributed by atoms with Crippen LogP contribution in [0.1, 0.15) is 33.0 Å². The van der Waals surface area contributed by atoms with E-state index in [0.717, 1.165) is 30.4 Å². The number of carbonyl (C=O) groups is 1. The third kappa shape index (κ3) is 4.09. The summed E-state index contributed by atoms with van der Waals surface area (Å²) in [5, 5.41) is 9.37. The number of nitrogens with two attached hydrogens (primary N) is 1. The minimum atomic E-state index is -3.55. The zero-order chi connectivity index (χ0) is 20.8. The van der Waals surface area contributed by atoms with Crippen LogP contribution >= 0.6 is 23.7 Å². The molecule has 2 aliphatic rings. The zero-order valence-corrected chi connectivity index (χ0v) is 16.9. The van der Waals surface area contributed by atoms with Crippen molar-refractivity contribution in [1.82, 2.24) is 9.97 Å². The number of thiophene rings is 1. The summed E-state index contributed by atoms with van der Waals surface area (Å²) in [7, 11) is 0. The molecule has 0 amide bonds. The van der Waals surface area contributed by atoms with Gasteiger partial charge in [-0.05, 0) is 42.5 Å². The van der Waals surface area contributed by atoms with Crippen LogP contribution < -0.4 is 20.8 Å². The van der Waals surface area contributed by atoms with Crippen molar-refractivity contribution < 1.29 is 28.2 Å². The van der Waals surface area contributed by atoms with E-state index in [4.69, 9.17) is 10.8 Å². The predicted molar refractivity (Wildman–Crippen MR) is 107 cm³/mol. The number of carboxylic acid groups (broad SMARTS) is 1. The Morgan fingerprint density at radius 1 is 1.30 bits per heavy atom. The zero-order valence-electron chi connectivity index (χ0n) is 15.2.